The van der Waals surface area contributed by atoms with Crippen LogP contribution in [-0.2, 0) is 0 Å². The van der Waals surface area contributed by atoms with Crippen LogP contribution in [0.3, 0.4) is 0 Å². The summed E-state index contributed by atoms with van der Waals surface area (Å²) in [6.07, 6.45) is 0. The fourth-order valence-corrected chi connectivity index (χ4v) is 3.03. The number of nitrogens with two attached hydrogens (primary N) is 1. The van der Waals surface area contributed by atoms with Crippen molar-refractivity contribution in [1.29, 1.82) is 0 Å². The van der Waals surface area contributed by atoms with E-state index in [-0.39, 0.29) is 26.9 Å². The van der Waals surface area contributed by atoms with Gasteiger partial charge in [0.1, 0.15) is 17.3 Å². The first kappa shape index (κ1) is 15.9. The van der Waals surface area contributed by atoms with E-state index in [9.17, 15) is 23.6 Å². The minimum Gasteiger partial charge on any atom is -0.478 e. The summed E-state index contributed by atoms with van der Waals surface area (Å²) in [4.78, 5) is 46.6. The normalized spacial score (nSPS) is 12.9. The molecule has 0 fully saturated rings. The third-order valence-electron chi connectivity index (χ3n) is 3.44. The van der Waals surface area contributed by atoms with Gasteiger partial charge in [-0.3, -0.25) is 24.3 Å². The Kier molecular flexibility index (Phi) is 3.48. The van der Waals surface area contributed by atoms with Crippen LogP contribution in [0.25, 0.3) is 5.69 Å². The molecule has 24 heavy (non-hydrogen) atoms. The fraction of sp³-hybridized carbons (Fsp3) is 0. The summed E-state index contributed by atoms with van der Waals surface area (Å²) in [7, 11) is 0. The summed E-state index contributed by atoms with van der Waals surface area (Å²) in [5, 5.41) is 10.9. The largest absolute Gasteiger partial charge is 0.478 e. The number of carbonyl (C=O) groups excluding carboxylic acids is 2. The first-order valence-electron chi connectivity index (χ1n) is 6.36. The van der Waals surface area contributed by atoms with Crippen molar-refractivity contribution in [1.82, 2.24) is 9.88 Å². The Morgan fingerprint density at radius 3 is 2.46 bits per heavy atom. The number of nitrogens with one attached hydrogen (secondary N) is 1. The predicted molar refractivity (Wildman–Crippen MR) is 82.9 cm³/mol. The van der Waals surface area contributed by atoms with Gasteiger partial charge in [-0.2, -0.15) is 0 Å². The van der Waals surface area contributed by atoms with Crippen LogP contribution in [-0.4, -0.2) is 27.5 Å². The highest BCUT2D eigenvalue weighted by molar-refractivity contribution is 9.10. The zero-order valence-electron chi connectivity index (χ0n) is 11.6. The van der Waals surface area contributed by atoms with Gasteiger partial charge in [0, 0.05) is 10.5 Å². The van der Waals surface area contributed by atoms with E-state index in [1.165, 1.54) is 0 Å². The molecule has 0 saturated heterocycles. The molecule has 122 valence electrons. The van der Waals surface area contributed by atoms with E-state index in [1.54, 1.807) is 0 Å². The Labute approximate surface area is 140 Å². The topological polar surface area (TPSA) is 131 Å². The molecule has 3 rings (SSSR count). The van der Waals surface area contributed by atoms with Gasteiger partial charge in [-0.05, 0) is 28.1 Å². The lowest BCUT2D eigenvalue weighted by molar-refractivity contribution is 0.0695. The number of pyridine rings is 1. The van der Waals surface area contributed by atoms with Crippen molar-refractivity contribution >= 4 is 39.5 Å². The monoisotopic (exact) mass is 395 g/mol. The molecule has 0 saturated carbocycles. The molecule has 4 N–H and O–H groups in total. The van der Waals surface area contributed by atoms with Gasteiger partial charge in [0.05, 0.1) is 16.7 Å². The number of hydrogen-bond acceptors (Lipinski definition) is 5. The Bertz CT molecular complexity index is 991. The summed E-state index contributed by atoms with van der Waals surface area (Å²) in [6, 6.07) is 2.67. The number of amides is 2. The average Bonchev–Trinajstić information content (AvgIpc) is 2.75. The van der Waals surface area contributed by atoms with E-state index in [4.69, 9.17) is 10.8 Å². The van der Waals surface area contributed by atoms with Crippen LogP contribution in [0.4, 0.5) is 10.2 Å². The van der Waals surface area contributed by atoms with Crippen LogP contribution in [0, 0.1) is 5.82 Å². The molecule has 1 aliphatic heterocycles. The number of anilines is 1. The SMILES string of the molecule is Nc1c2c(cc(=O)n1-c1c(F)cc(C(=O)O)cc1Br)C(=O)NC2=O. The quantitative estimate of drug-likeness (QED) is 0.647. The average molecular weight is 396 g/mol. The molecule has 0 radical (unpaired) electrons. The van der Waals surface area contributed by atoms with Crippen molar-refractivity contribution in [3.05, 3.63) is 55.5 Å². The van der Waals surface area contributed by atoms with E-state index in [0.29, 0.717) is 10.6 Å². The molecule has 1 aliphatic rings. The van der Waals surface area contributed by atoms with Crippen LogP contribution in [0.15, 0.2) is 27.5 Å². The molecule has 2 aromatic rings. The fourth-order valence-electron chi connectivity index (χ4n) is 2.41. The smallest absolute Gasteiger partial charge is 0.335 e. The van der Waals surface area contributed by atoms with Crippen LogP contribution in [0.1, 0.15) is 31.1 Å². The highest BCUT2D eigenvalue weighted by Gasteiger charge is 2.32. The maximum atomic E-state index is 14.4. The molecular formula is C14H7BrFN3O5. The molecule has 8 nitrogen and oxygen atoms in total. The third-order valence-corrected chi connectivity index (χ3v) is 4.05. The van der Waals surface area contributed by atoms with Gasteiger partial charge in [0.25, 0.3) is 17.4 Å². The zero-order valence-corrected chi connectivity index (χ0v) is 13.2. The number of aromatic nitrogens is 1. The highest BCUT2D eigenvalue weighted by Crippen LogP contribution is 2.29. The van der Waals surface area contributed by atoms with Gasteiger partial charge < -0.3 is 10.8 Å². The Hall–Kier alpha value is -3.01. The zero-order chi connectivity index (χ0) is 17.8. The molecule has 0 spiro atoms. The molecule has 0 aliphatic carbocycles. The van der Waals surface area contributed by atoms with E-state index >= 15 is 0 Å². The molecule has 1 aromatic carbocycles. The van der Waals surface area contributed by atoms with Crippen molar-refractivity contribution in [2.75, 3.05) is 5.73 Å². The van der Waals surface area contributed by atoms with Crippen molar-refractivity contribution in [2.45, 2.75) is 0 Å². The second-order valence-corrected chi connectivity index (χ2v) is 5.72. The number of nitrogen functional groups attached to an aromatic ring is 1. The Morgan fingerprint density at radius 1 is 1.21 bits per heavy atom. The van der Waals surface area contributed by atoms with Crippen LogP contribution < -0.4 is 16.6 Å². The van der Waals surface area contributed by atoms with E-state index < -0.39 is 35.0 Å². The number of fused-ring (bicyclic) bond motifs is 1. The molecule has 2 heterocycles. The number of halogens is 2. The number of nitrogens with zero attached hydrogens (tertiary/aromatic N) is 1. The van der Waals surface area contributed by atoms with Gasteiger partial charge in [-0.1, -0.05) is 0 Å². The number of hydrogen-bond donors (Lipinski definition) is 3. The van der Waals surface area contributed by atoms with E-state index in [1.807, 2.05) is 5.32 Å². The number of carboxylic acid groups (broad SMARTS) is 1. The second-order valence-electron chi connectivity index (χ2n) is 4.87. The number of benzene rings is 1. The Balaban J connectivity index is 2.36. The molecule has 0 bridgehead atoms. The van der Waals surface area contributed by atoms with Gasteiger partial charge >= 0.3 is 5.97 Å². The summed E-state index contributed by atoms with van der Waals surface area (Å²) in [5.41, 5.74) is 3.81. The molecule has 2 amide bonds. The van der Waals surface area contributed by atoms with Gasteiger partial charge in [-0.25, -0.2) is 9.18 Å². The van der Waals surface area contributed by atoms with Gasteiger partial charge in [0.15, 0.2) is 0 Å². The maximum Gasteiger partial charge on any atom is 0.335 e. The van der Waals surface area contributed by atoms with E-state index in [0.717, 1.165) is 12.1 Å². The lowest BCUT2D eigenvalue weighted by Crippen LogP contribution is -2.25. The van der Waals surface area contributed by atoms with Crippen LogP contribution in [0.5, 0.6) is 0 Å². The van der Waals surface area contributed by atoms with Crippen molar-refractivity contribution in [3.63, 3.8) is 0 Å². The number of imide groups is 1. The van der Waals surface area contributed by atoms with E-state index in [2.05, 4.69) is 15.9 Å². The molecular weight excluding hydrogens is 389 g/mol. The second kappa shape index (κ2) is 5.27. The van der Waals surface area contributed by atoms with Crippen molar-refractivity contribution in [2.24, 2.45) is 0 Å². The minimum absolute atomic E-state index is 0.0571. The maximum absolute atomic E-state index is 14.4. The third kappa shape index (κ3) is 2.19. The van der Waals surface area contributed by atoms with Crippen LogP contribution in [0.2, 0.25) is 0 Å². The standard InChI is InChI=1S/C14H7BrFN3O5/c15-6-1-4(14(23)24)2-7(16)10(6)19-8(20)3-5-9(11(19)17)13(22)18-12(5)21/h1-3H,17H2,(H,23,24)(H,18,21,22). The highest BCUT2D eigenvalue weighted by atomic mass is 79.9. The molecule has 0 atom stereocenters. The summed E-state index contributed by atoms with van der Waals surface area (Å²) < 4.78 is 15.0. The Morgan fingerprint density at radius 2 is 1.88 bits per heavy atom. The van der Waals surface area contributed by atoms with Crippen LogP contribution >= 0.6 is 15.9 Å². The number of carbonyl (C=O) groups is 3. The van der Waals surface area contributed by atoms with Crippen molar-refractivity contribution in [3.8, 4) is 5.69 Å². The van der Waals surface area contributed by atoms with Crippen molar-refractivity contribution < 1.29 is 23.9 Å². The summed E-state index contributed by atoms with van der Waals surface area (Å²) in [5.74, 6) is -4.41. The first-order valence-corrected chi connectivity index (χ1v) is 7.15. The lowest BCUT2D eigenvalue weighted by atomic mass is 10.1. The minimum atomic E-state index is -1.36. The number of rotatable bonds is 2. The molecule has 1 aromatic heterocycles. The number of aromatic carboxylic acids is 1. The lowest BCUT2D eigenvalue weighted by Gasteiger charge is -2.14. The molecule has 0 unspecified atom stereocenters. The number of carboxylic acids is 1. The summed E-state index contributed by atoms with van der Waals surface area (Å²) in [6.45, 7) is 0. The van der Waals surface area contributed by atoms with Gasteiger partial charge in [-0.15, -0.1) is 0 Å². The van der Waals surface area contributed by atoms with Gasteiger partial charge in [0.2, 0.25) is 0 Å². The first-order chi connectivity index (χ1) is 11.2. The molecule has 10 heteroatoms. The summed E-state index contributed by atoms with van der Waals surface area (Å²) >= 11 is 2.99. The predicted octanol–water partition coefficient (Wildman–Crippen LogP) is 0.903.